The molecule has 0 amide bonds. The van der Waals surface area contributed by atoms with E-state index < -0.39 is 5.92 Å². The Morgan fingerprint density at radius 2 is 2.11 bits per heavy atom. The lowest BCUT2D eigenvalue weighted by molar-refractivity contribution is -0.0502. The van der Waals surface area contributed by atoms with Crippen molar-refractivity contribution in [3.8, 4) is 0 Å². The van der Waals surface area contributed by atoms with Gasteiger partial charge in [-0.1, -0.05) is 15.9 Å². The lowest BCUT2D eigenvalue weighted by Crippen LogP contribution is -2.29. The summed E-state index contributed by atoms with van der Waals surface area (Å²) in [6, 6.07) is 5.81. The third-order valence-corrected chi connectivity index (χ3v) is 4.40. The normalized spacial score (nSPS) is 22.8. The van der Waals surface area contributed by atoms with Crippen LogP contribution in [0.25, 0.3) is 0 Å². The van der Waals surface area contributed by atoms with E-state index in [1.165, 1.54) is 0 Å². The summed E-state index contributed by atoms with van der Waals surface area (Å²) in [7, 11) is 0. The number of benzene rings is 1. The van der Waals surface area contributed by atoms with Gasteiger partial charge in [-0.25, -0.2) is 8.78 Å². The van der Waals surface area contributed by atoms with Crippen molar-refractivity contribution in [1.29, 1.82) is 0 Å². The lowest BCUT2D eigenvalue weighted by atomic mass is 9.86. The molecular weight excluding hydrogens is 368 g/mol. The molecule has 0 bridgehead atoms. The van der Waals surface area contributed by atoms with Gasteiger partial charge < -0.3 is 5.32 Å². The lowest BCUT2D eigenvalue weighted by Gasteiger charge is -2.29. The third kappa shape index (κ3) is 3.92. The van der Waals surface area contributed by atoms with Gasteiger partial charge in [-0.3, -0.25) is 0 Å². The Morgan fingerprint density at radius 1 is 1.33 bits per heavy atom. The minimum absolute atomic E-state index is 0.00808. The van der Waals surface area contributed by atoms with Gasteiger partial charge in [-0.15, -0.1) is 0 Å². The molecule has 1 saturated carbocycles. The van der Waals surface area contributed by atoms with Gasteiger partial charge >= 0.3 is 0 Å². The number of nitrogens with one attached hydrogen (secondary N) is 1. The van der Waals surface area contributed by atoms with Crippen LogP contribution in [0.2, 0.25) is 0 Å². The second-order valence-electron chi connectivity index (χ2n) is 4.82. The molecule has 5 heteroatoms. The van der Waals surface area contributed by atoms with Crippen molar-refractivity contribution < 1.29 is 8.78 Å². The summed E-state index contributed by atoms with van der Waals surface area (Å²) in [4.78, 5) is 0. The van der Waals surface area contributed by atoms with E-state index in [1.54, 1.807) is 0 Å². The number of hydrogen-bond acceptors (Lipinski definition) is 1. The van der Waals surface area contributed by atoms with E-state index in [-0.39, 0.29) is 18.8 Å². The average Bonchev–Trinajstić information content (AvgIpc) is 2.26. The Labute approximate surface area is 123 Å². The number of halogens is 4. The second kappa shape index (κ2) is 5.87. The Morgan fingerprint density at radius 3 is 2.78 bits per heavy atom. The summed E-state index contributed by atoms with van der Waals surface area (Å²) < 4.78 is 28.5. The summed E-state index contributed by atoms with van der Waals surface area (Å²) in [6.45, 7) is 0.607. The van der Waals surface area contributed by atoms with E-state index >= 15 is 0 Å². The zero-order chi connectivity index (χ0) is 13.2. The average molecular weight is 383 g/mol. The van der Waals surface area contributed by atoms with Crippen LogP contribution in [-0.2, 0) is 0 Å². The van der Waals surface area contributed by atoms with Crippen molar-refractivity contribution in [3.63, 3.8) is 0 Å². The monoisotopic (exact) mass is 381 g/mol. The molecule has 0 saturated heterocycles. The maximum absolute atomic E-state index is 13.3. The minimum Gasteiger partial charge on any atom is -0.384 e. The molecule has 1 nitrogen and oxygen atoms in total. The fourth-order valence-electron chi connectivity index (χ4n) is 2.34. The van der Waals surface area contributed by atoms with Crippen molar-refractivity contribution in [1.82, 2.24) is 0 Å². The van der Waals surface area contributed by atoms with Crippen LogP contribution in [-0.4, -0.2) is 12.5 Å². The van der Waals surface area contributed by atoms with Crippen molar-refractivity contribution in [2.45, 2.75) is 31.6 Å². The molecule has 1 fully saturated rings. The Hall–Kier alpha value is -0.160. The van der Waals surface area contributed by atoms with Crippen molar-refractivity contribution in [2.24, 2.45) is 5.92 Å². The third-order valence-electron chi connectivity index (χ3n) is 3.25. The number of anilines is 1. The van der Waals surface area contributed by atoms with E-state index in [0.717, 1.165) is 21.1 Å². The smallest absolute Gasteiger partial charge is 0.248 e. The molecule has 1 aromatic carbocycles. The van der Waals surface area contributed by atoms with Gasteiger partial charge in [0.1, 0.15) is 0 Å². The standard InChI is InChI=1S/C13H15Br2F2N/c14-10-3-4-12(11(15)6-10)18-8-9-2-1-5-13(16,17)7-9/h3-4,6,9,18H,1-2,5,7-8H2. The maximum atomic E-state index is 13.3. The SMILES string of the molecule is FC1(F)CCCC(CNc2ccc(Br)cc2Br)C1. The van der Waals surface area contributed by atoms with Gasteiger partial charge in [0.15, 0.2) is 0 Å². The quantitative estimate of drug-likeness (QED) is 0.732. The first kappa shape index (κ1) is 14.3. The molecule has 100 valence electrons. The highest BCUT2D eigenvalue weighted by atomic mass is 79.9. The van der Waals surface area contributed by atoms with Crippen LogP contribution >= 0.6 is 31.9 Å². The summed E-state index contributed by atoms with van der Waals surface area (Å²) in [5.41, 5.74) is 0.951. The minimum atomic E-state index is -2.47. The molecule has 1 unspecified atom stereocenters. The van der Waals surface area contributed by atoms with Gasteiger partial charge in [-0.2, -0.15) is 0 Å². The maximum Gasteiger partial charge on any atom is 0.248 e. The fourth-order valence-corrected chi connectivity index (χ4v) is 3.52. The molecule has 1 aromatic rings. The summed E-state index contributed by atoms with van der Waals surface area (Å²) >= 11 is 6.84. The van der Waals surface area contributed by atoms with Crippen LogP contribution in [0, 0.1) is 5.92 Å². The molecule has 0 radical (unpaired) electrons. The van der Waals surface area contributed by atoms with Crippen molar-refractivity contribution in [3.05, 3.63) is 27.1 Å². The van der Waals surface area contributed by atoms with Crippen LogP contribution in [0.5, 0.6) is 0 Å². The highest BCUT2D eigenvalue weighted by molar-refractivity contribution is 9.11. The molecule has 18 heavy (non-hydrogen) atoms. The molecule has 1 aliphatic carbocycles. The molecular formula is C13H15Br2F2N. The van der Waals surface area contributed by atoms with Crippen LogP contribution in [0.3, 0.4) is 0 Å². The summed E-state index contributed by atoms with van der Waals surface area (Å²) in [5, 5.41) is 3.25. The first-order valence-electron chi connectivity index (χ1n) is 6.03. The van der Waals surface area contributed by atoms with Crippen molar-refractivity contribution in [2.75, 3.05) is 11.9 Å². The Balaban J connectivity index is 1.91. The number of rotatable bonds is 3. The largest absolute Gasteiger partial charge is 0.384 e. The molecule has 1 N–H and O–H groups in total. The molecule has 1 aliphatic rings. The molecule has 0 aliphatic heterocycles. The van der Waals surface area contributed by atoms with E-state index in [4.69, 9.17) is 0 Å². The van der Waals surface area contributed by atoms with E-state index in [0.29, 0.717) is 13.0 Å². The van der Waals surface area contributed by atoms with Crippen LogP contribution in [0.1, 0.15) is 25.7 Å². The first-order chi connectivity index (χ1) is 8.46. The van der Waals surface area contributed by atoms with Gasteiger partial charge in [0, 0.05) is 34.0 Å². The van der Waals surface area contributed by atoms with E-state index in [2.05, 4.69) is 37.2 Å². The molecule has 0 heterocycles. The summed E-state index contributed by atoms with van der Waals surface area (Å²) in [6.07, 6.45) is 1.57. The molecule has 1 atom stereocenters. The topological polar surface area (TPSA) is 12.0 Å². The predicted molar refractivity (Wildman–Crippen MR) is 77.2 cm³/mol. The Bertz CT molecular complexity index is 423. The Kier molecular flexibility index (Phi) is 4.64. The van der Waals surface area contributed by atoms with E-state index in [1.807, 2.05) is 18.2 Å². The highest BCUT2D eigenvalue weighted by Crippen LogP contribution is 2.37. The van der Waals surface area contributed by atoms with Gasteiger partial charge in [0.25, 0.3) is 0 Å². The zero-order valence-electron chi connectivity index (χ0n) is 9.86. The van der Waals surface area contributed by atoms with E-state index in [9.17, 15) is 8.78 Å². The fraction of sp³-hybridized carbons (Fsp3) is 0.538. The highest BCUT2D eigenvalue weighted by Gasteiger charge is 2.35. The van der Waals surface area contributed by atoms with Gasteiger partial charge in [-0.05, 0) is 52.9 Å². The predicted octanol–water partition coefficient (Wildman–Crippen LogP) is 5.45. The molecule has 2 rings (SSSR count). The van der Waals surface area contributed by atoms with Crippen LogP contribution in [0.15, 0.2) is 27.1 Å². The first-order valence-corrected chi connectivity index (χ1v) is 7.62. The van der Waals surface area contributed by atoms with Crippen LogP contribution in [0.4, 0.5) is 14.5 Å². The number of alkyl halides is 2. The van der Waals surface area contributed by atoms with Gasteiger partial charge in [0.05, 0.1) is 0 Å². The van der Waals surface area contributed by atoms with Crippen molar-refractivity contribution >= 4 is 37.5 Å². The van der Waals surface area contributed by atoms with Gasteiger partial charge in [0.2, 0.25) is 5.92 Å². The molecule has 0 spiro atoms. The number of hydrogen-bond donors (Lipinski definition) is 1. The molecule has 0 aromatic heterocycles. The van der Waals surface area contributed by atoms with Crippen LogP contribution < -0.4 is 5.32 Å². The second-order valence-corrected chi connectivity index (χ2v) is 6.59. The zero-order valence-corrected chi connectivity index (χ0v) is 13.0. The summed E-state index contributed by atoms with van der Waals surface area (Å²) in [5.74, 6) is -2.41.